The fourth-order valence-corrected chi connectivity index (χ4v) is 6.17. The molecule has 4 aromatic rings. The van der Waals surface area contributed by atoms with E-state index in [2.05, 4.69) is 20.7 Å². The topological polar surface area (TPSA) is 157 Å². The molecule has 0 fully saturated rings. The van der Waals surface area contributed by atoms with E-state index in [1.807, 2.05) is 107 Å². The molecule has 0 aromatic heterocycles. The number of para-hydroxylation sites is 1. The summed E-state index contributed by atoms with van der Waals surface area (Å²) in [4.78, 5) is 27.3. The molecule has 0 aliphatic rings. The van der Waals surface area contributed by atoms with Gasteiger partial charge < -0.3 is 26.2 Å². The lowest BCUT2D eigenvalue weighted by molar-refractivity contribution is 0.0830. The third-order valence-corrected chi connectivity index (χ3v) is 9.74. The number of amides is 2. The zero-order chi connectivity index (χ0) is 36.5. The van der Waals surface area contributed by atoms with Gasteiger partial charge in [-0.25, -0.2) is 8.42 Å². The van der Waals surface area contributed by atoms with Crippen molar-refractivity contribution in [2.24, 2.45) is 0 Å². The number of hydrogen-bond donors (Lipinski definition) is 6. The molecule has 10 nitrogen and oxygen atoms in total. The van der Waals surface area contributed by atoms with Gasteiger partial charge >= 0.3 is 0 Å². The Balaban J connectivity index is 1.57. The molecule has 2 amide bonds. The fraction of sp³-hybridized carbons (Fsp3) is 0.333. The third kappa shape index (κ3) is 10.6. The van der Waals surface area contributed by atoms with E-state index in [-0.39, 0.29) is 52.9 Å². The van der Waals surface area contributed by atoms with Crippen molar-refractivity contribution in [1.82, 2.24) is 16.0 Å². The number of nitrogens with one attached hydrogen (secondary N) is 4. The molecule has 4 aromatic carbocycles. The van der Waals surface area contributed by atoms with Gasteiger partial charge in [0.25, 0.3) is 11.8 Å². The number of carbonyl (C=O) groups is 2. The fourth-order valence-electron chi connectivity index (χ4n) is 5.54. The van der Waals surface area contributed by atoms with Gasteiger partial charge in [0.2, 0.25) is 10.0 Å². The minimum atomic E-state index is -3.73. The summed E-state index contributed by atoms with van der Waals surface area (Å²) in [7, 11) is -3.73. The van der Waals surface area contributed by atoms with Crippen LogP contribution in [0.3, 0.4) is 0 Å². The first-order chi connectivity index (χ1) is 23.7. The number of phenols is 1. The van der Waals surface area contributed by atoms with Gasteiger partial charge in [-0.2, -0.15) is 0 Å². The summed E-state index contributed by atoms with van der Waals surface area (Å²) in [6.45, 7) is 9.77. The molecule has 266 valence electrons. The highest BCUT2D eigenvalue weighted by atomic mass is 32.2. The van der Waals surface area contributed by atoms with Crippen LogP contribution in [0.2, 0.25) is 0 Å². The zero-order valence-electron chi connectivity index (χ0n) is 29.2. The molecule has 0 saturated carbocycles. The molecule has 0 aliphatic carbocycles. The van der Waals surface area contributed by atoms with Crippen molar-refractivity contribution in [3.05, 3.63) is 130 Å². The number of benzene rings is 4. The van der Waals surface area contributed by atoms with Crippen molar-refractivity contribution < 1.29 is 28.2 Å². The zero-order valence-corrected chi connectivity index (χ0v) is 30.1. The first-order valence-electron chi connectivity index (χ1n) is 16.7. The van der Waals surface area contributed by atoms with Crippen molar-refractivity contribution in [2.45, 2.75) is 71.2 Å². The predicted molar refractivity (Wildman–Crippen MR) is 198 cm³/mol. The minimum Gasteiger partial charge on any atom is -0.507 e. The SMILES string of the molecule is CCS(=O)(=O)Nc1cc(C(=O)N[C@@H](Cc2ccccc2)[C@H](O)CNCc2cccc(C(C)(C)C)c2O)cc(C(=O)N[C@H](C)c2ccccc2)c1. The lowest BCUT2D eigenvalue weighted by Crippen LogP contribution is -2.48. The van der Waals surface area contributed by atoms with Crippen LogP contribution in [0.15, 0.2) is 97.1 Å². The van der Waals surface area contributed by atoms with Crippen LogP contribution in [0.1, 0.15) is 83.6 Å². The summed E-state index contributed by atoms with van der Waals surface area (Å²) in [5, 5.41) is 31.3. The summed E-state index contributed by atoms with van der Waals surface area (Å²) in [6, 6.07) is 27.4. The molecule has 0 unspecified atom stereocenters. The van der Waals surface area contributed by atoms with Gasteiger partial charge in [-0.3, -0.25) is 14.3 Å². The van der Waals surface area contributed by atoms with E-state index in [1.165, 1.54) is 25.1 Å². The highest BCUT2D eigenvalue weighted by Crippen LogP contribution is 2.33. The summed E-state index contributed by atoms with van der Waals surface area (Å²) >= 11 is 0. The number of carbonyl (C=O) groups excluding carboxylic acids is 2. The summed E-state index contributed by atoms with van der Waals surface area (Å²) in [6.07, 6.45) is -0.757. The van der Waals surface area contributed by atoms with Crippen molar-refractivity contribution >= 4 is 27.5 Å². The quantitative estimate of drug-likeness (QED) is 0.0966. The summed E-state index contributed by atoms with van der Waals surface area (Å²) in [5.74, 6) is -1.08. The van der Waals surface area contributed by atoms with E-state index in [0.717, 1.165) is 16.7 Å². The monoisotopic (exact) mass is 700 g/mol. The molecular weight excluding hydrogens is 653 g/mol. The number of hydrogen-bond acceptors (Lipinski definition) is 7. The van der Waals surface area contributed by atoms with Crippen LogP contribution in [-0.4, -0.2) is 54.9 Å². The number of aliphatic hydroxyl groups excluding tert-OH is 1. The minimum absolute atomic E-state index is 0.0426. The Morgan fingerprint density at radius 3 is 2.02 bits per heavy atom. The molecule has 0 spiro atoms. The summed E-state index contributed by atoms with van der Waals surface area (Å²) in [5.41, 5.74) is 3.21. The number of phenolic OH excluding ortho intramolecular Hbond substituents is 1. The molecule has 50 heavy (non-hydrogen) atoms. The average Bonchev–Trinajstić information content (AvgIpc) is 3.08. The highest BCUT2D eigenvalue weighted by molar-refractivity contribution is 7.92. The second-order valence-electron chi connectivity index (χ2n) is 13.4. The van der Waals surface area contributed by atoms with Crippen LogP contribution in [0.4, 0.5) is 5.69 Å². The average molecular weight is 701 g/mol. The normalized spacial score (nSPS) is 13.6. The Bertz CT molecular complexity index is 1860. The lowest BCUT2D eigenvalue weighted by Gasteiger charge is -2.26. The van der Waals surface area contributed by atoms with Gasteiger partial charge in [-0.1, -0.05) is 99.6 Å². The standard InChI is InChI=1S/C39H48N4O6S/c1-6-50(48,49)43-32-22-30(37(46)41-26(2)28-16-11-8-12-17-28)21-31(23-32)38(47)42-34(20-27-14-9-7-10-15-27)35(44)25-40-24-29-18-13-19-33(36(29)45)39(3,4)5/h7-19,21-23,26,34-35,40,43-45H,6,20,24-25H2,1-5H3,(H,41,46)(H,42,47)/t26-,34+,35-/m1/s1. The molecule has 0 saturated heterocycles. The van der Waals surface area contributed by atoms with E-state index in [9.17, 15) is 28.2 Å². The van der Waals surface area contributed by atoms with Gasteiger partial charge in [0.1, 0.15) is 5.75 Å². The Morgan fingerprint density at radius 1 is 0.820 bits per heavy atom. The maximum atomic E-state index is 13.8. The third-order valence-electron chi connectivity index (χ3n) is 8.43. The van der Waals surface area contributed by atoms with E-state index in [0.29, 0.717) is 12.0 Å². The van der Waals surface area contributed by atoms with Crippen LogP contribution in [0.5, 0.6) is 5.75 Å². The molecule has 0 heterocycles. The van der Waals surface area contributed by atoms with Crippen LogP contribution in [0.25, 0.3) is 0 Å². The Morgan fingerprint density at radius 2 is 1.42 bits per heavy atom. The smallest absolute Gasteiger partial charge is 0.251 e. The Hall–Kier alpha value is -4.71. The molecule has 0 bridgehead atoms. The van der Waals surface area contributed by atoms with Crippen molar-refractivity contribution in [3.63, 3.8) is 0 Å². The Labute approximate surface area is 295 Å². The van der Waals surface area contributed by atoms with Gasteiger partial charge in [0.15, 0.2) is 0 Å². The molecular formula is C39H48N4O6S. The number of sulfonamides is 1. The van der Waals surface area contributed by atoms with Crippen LogP contribution in [0, 0.1) is 0 Å². The predicted octanol–water partition coefficient (Wildman–Crippen LogP) is 5.43. The van der Waals surface area contributed by atoms with Crippen molar-refractivity contribution in [3.8, 4) is 5.75 Å². The summed E-state index contributed by atoms with van der Waals surface area (Å²) < 4.78 is 27.4. The van der Waals surface area contributed by atoms with E-state index in [1.54, 1.807) is 0 Å². The second-order valence-corrected chi connectivity index (χ2v) is 15.5. The number of aromatic hydroxyl groups is 1. The van der Waals surface area contributed by atoms with E-state index < -0.39 is 34.0 Å². The number of anilines is 1. The molecule has 0 radical (unpaired) electrons. The van der Waals surface area contributed by atoms with Crippen molar-refractivity contribution in [2.75, 3.05) is 17.0 Å². The van der Waals surface area contributed by atoms with Crippen LogP contribution in [-0.2, 0) is 28.4 Å². The van der Waals surface area contributed by atoms with E-state index >= 15 is 0 Å². The Kier molecular flexibility index (Phi) is 12.8. The van der Waals surface area contributed by atoms with Crippen LogP contribution < -0.4 is 20.7 Å². The van der Waals surface area contributed by atoms with Gasteiger partial charge in [-0.15, -0.1) is 0 Å². The van der Waals surface area contributed by atoms with Gasteiger partial charge in [-0.05, 0) is 60.6 Å². The second kappa shape index (κ2) is 16.8. The number of aliphatic hydroxyl groups is 1. The van der Waals surface area contributed by atoms with Gasteiger partial charge in [0.05, 0.1) is 29.6 Å². The lowest BCUT2D eigenvalue weighted by atomic mass is 9.85. The van der Waals surface area contributed by atoms with Gasteiger partial charge in [0, 0.05) is 29.8 Å². The van der Waals surface area contributed by atoms with Crippen molar-refractivity contribution in [1.29, 1.82) is 0 Å². The molecule has 0 aliphatic heterocycles. The maximum absolute atomic E-state index is 13.8. The molecule has 6 N–H and O–H groups in total. The first kappa shape index (κ1) is 38.1. The highest BCUT2D eigenvalue weighted by Gasteiger charge is 2.25. The first-order valence-corrected chi connectivity index (χ1v) is 18.4. The van der Waals surface area contributed by atoms with Crippen LogP contribution >= 0.6 is 0 Å². The van der Waals surface area contributed by atoms with E-state index in [4.69, 9.17) is 0 Å². The molecule has 4 rings (SSSR count). The number of rotatable bonds is 15. The largest absolute Gasteiger partial charge is 0.507 e. The maximum Gasteiger partial charge on any atom is 0.251 e. The molecule has 11 heteroatoms. The molecule has 3 atom stereocenters.